The van der Waals surface area contributed by atoms with Gasteiger partial charge in [-0.1, -0.05) is 61.7 Å². The van der Waals surface area contributed by atoms with Gasteiger partial charge < -0.3 is 10.5 Å². The highest BCUT2D eigenvalue weighted by Crippen LogP contribution is 2.39. The first-order valence-electron chi connectivity index (χ1n) is 11.1. The minimum atomic E-state index is -0.543. The normalized spacial score (nSPS) is 14.5. The Morgan fingerprint density at radius 2 is 1.81 bits per heavy atom. The van der Waals surface area contributed by atoms with Crippen LogP contribution in [0.4, 0.5) is 0 Å². The zero-order chi connectivity index (χ0) is 21.9. The molecule has 6 heteroatoms. The maximum Gasteiger partial charge on any atom is 0.268 e. The van der Waals surface area contributed by atoms with Gasteiger partial charge in [0, 0.05) is 11.5 Å². The van der Waals surface area contributed by atoms with Gasteiger partial charge in [0.15, 0.2) is 5.65 Å². The zero-order valence-electron chi connectivity index (χ0n) is 17.8. The number of fused-ring (bicyclic) bond motifs is 1. The van der Waals surface area contributed by atoms with E-state index in [1.165, 1.54) is 6.42 Å². The third-order valence-corrected chi connectivity index (χ3v) is 6.12. The van der Waals surface area contributed by atoms with Crippen molar-refractivity contribution in [3.8, 4) is 16.9 Å². The molecule has 1 aliphatic carbocycles. The van der Waals surface area contributed by atoms with Crippen LogP contribution in [0.3, 0.4) is 0 Å². The molecule has 0 saturated heterocycles. The van der Waals surface area contributed by atoms with E-state index in [1.54, 1.807) is 6.20 Å². The molecule has 0 aliphatic heterocycles. The van der Waals surface area contributed by atoms with Crippen molar-refractivity contribution in [1.82, 2.24) is 14.6 Å². The number of carbonyl (C=O) groups excluding carboxylic acids is 1. The van der Waals surface area contributed by atoms with E-state index in [9.17, 15) is 4.79 Å². The van der Waals surface area contributed by atoms with Gasteiger partial charge in [0.1, 0.15) is 18.1 Å². The lowest BCUT2D eigenvalue weighted by molar-refractivity contribution is 0.0996. The average molecular weight is 426 g/mol. The monoisotopic (exact) mass is 425 g/mol. The minimum absolute atomic E-state index is 0.271. The van der Waals surface area contributed by atoms with Crippen molar-refractivity contribution in [3.63, 3.8) is 0 Å². The first-order valence-corrected chi connectivity index (χ1v) is 11.1. The van der Waals surface area contributed by atoms with Gasteiger partial charge in [0.05, 0.1) is 18.0 Å². The molecular weight excluding hydrogens is 400 g/mol. The molecule has 2 heterocycles. The zero-order valence-corrected chi connectivity index (χ0v) is 17.8. The fourth-order valence-corrected chi connectivity index (χ4v) is 4.58. The van der Waals surface area contributed by atoms with Crippen molar-refractivity contribution in [2.45, 2.75) is 44.6 Å². The summed E-state index contributed by atoms with van der Waals surface area (Å²) in [4.78, 5) is 16.9. The lowest BCUT2D eigenvalue weighted by atomic mass is 9.83. The van der Waals surface area contributed by atoms with Gasteiger partial charge >= 0.3 is 0 Å². The quantitative estimate of drug-likeness (QED) is 0.475. The van der Waals surface area contributed by atoms with Crippen LogP contribution in [0.2, 0.25) is 0 Å². The van der Waals surface area contributed by atoms with E-state index in [0.29, 0.717) is 18.2 Å². The van der Waals surface area contributed by atoms with E-state index >= 15 is 0 Å². The first kappa shape index (κ1) is 20.2. The Kier molecular flexibility index (Phi) is 5.58. The molecule has 4 aromatic rings. The molecule has 5 rings (SSSR count). The number of ether oxygens (including phenoxy) is 1. The number of amides is 1. The molecule has 0 spiro atoms. The molecule has 6 nitrogen and oxygen atoms in total. The number of rotatable bonds is 6. The van der Waals surface area contributed by atoms with Crippen LogP contribution in [0.25, 0.3) is 16.8 Å². The molecule has 1 radical (unpaired) electrons. The van der Waals surface area contributed by atoms with Crippen LogP contribution in [-0.4, -0.2) is 20.5 Å². The number of aromatic nitrogens is 3. The summed E-state index contributed by atoms with van der Waals surface area (Å²) in [5.41, 5.74) is 10.4. The van der Waals surface area contributed by atoms with Crippen LogP contribution >= 0.6 is 0 Å². The second kappa shape index (κ2) is 8.83. The van der Waals surface area contributed by atoms with Crippen molar-refractivity contribution in [2.75, 3.05) is 0 Å². The molecule has 0 unspecified atom stereocenters. The van der Waals surface area contributed by atoms with Crippen molar-refractivity contribution < 1.29 is 9.53 Å². The number of hydrogen-bond acceptors (Lipinski definition) is 4. The predicted molar refractivity (Wildman–Crippen MR) is 122 cm³/mol. The summed E-state index contributed by atoms with van der Waals surface area (Å²) in [5, 5.41) is 4.48. The summed E-state index contributed by atoms with van der Waals surface area (Å²) in [7, 11) is 0. The Morgan fingerprint density at radius 3 is 2.53 bits per heavy atom. The Balaban J connectivity index is 1.55. The number of hydrogen-bond donors (Lipinski definition) is 1. The first-order chi connectivity index (χ1) is 15.7. The van der Waals surface area contributed by atoms with Crippen molar-refractivity contribution in [3.05, 3.63) is 83.8 Å². The van der Waals surface area contributed by atoms with Gasteiger partial charge in [-0.15, -0.1) is 0 Å². The topological polar surface area (TPSA) is 82.5 Å². The second-order valence-electron chi connectivity index (χ2n) is 8.24. The summed E-state index contributed by atoms with van der Waals surface area (Å²) in [6.45, 7) is 0.497. The fraction of sp³-hybridized carbons (Fsp3) is 0.269. The summed E-state index contributed by atoms with van der Waals surface area (Å²) in [6.07, 6.45) is 7.28. The Bertz CT molecular complexity index is 1230. The van der Waals surface area contributed by atoms with E-state index in [2.05, 4.69) is 16.1 Å². The Hall–Kier alpha value is -3.67. The van der Waals surface area contributed by atoms with Crippen LogP contribution in [0, 0.1) is 6.07 Å². The molecule has 2 N–H and O–H groups in total. The number of nitrogens with two attached hydrogens (primary N) is 1. The number of nitrogens with zero attached hydrogens (tertiary/aromatic N) is 3. The van der Waals surface area contributed by atoms with Gasteiger partial charge in [-0.3, -0.25) is 4.79 Å². The largest absolute Gasteiger partial charge is 0.489 e. The maximum absolute atomic E-state index is 12.4. The van der Waals surface area contributed by atoms with E-state index < -0.39 is 5.91 Å². The minimum Gasteiger partial charge on any atom is -0.489 e. The van der Waals surface area contributed by atoms with Gasteiger partial charge in [0.2, 0.25) is 0 Å². The van der Waals surface area contributed by atoms with Gasteiger partial charge in [0.25, 0.3) is 5.91 Å². The second-order valence-corrected chi connectivity index (χ2v) is 8.24. The van der Waals surface area contributed by atoms with Gasteiger partial charge in [-0.25, -0.2) is 9.50 Å². The van der Waals surface area contributed by atoms with E-state index in [0.717, 1.165) is 53.8 Å². The molecule has 32 heavy (non-hydrogen) atoms. The molecule has 0 atom stereocenters. The molecule has 2 aromatic heterocycles. The molecule has 1 fully saturated rings. The van der Waals surface area contributed by atoms with Gasteiger partial charge in [-0.2, -0.15) is 5.10 Å². The standard InChI is InChI=1S/C26H25N4O2/c27-26(31)24-23(19-11-13-21(14-12-19)32-17-18-7-3-1-4-8-18)25(20-9-5-2-6-10-20)30-22(29-24)15-16-28-30/h1,3-4,7-8,11-14,16,20H,2,5-6,9-10,17H2,(H2,27,31). The summed E-state index contributed by atoms with van der Waals surface area (Å²) in [5.74, 6) is 0.516. The molecule has 161 valence electrons. The molecular formula is C26H25N4O2. The molecule has 1 saturated carbocycles. The third kappa shape index (κ3) is 3.96. The predicted octanol–water partition coefficient (Wildman–Crippen LogP) is 4.92. The van der Waals surface area contributed by atoms with Crippen LogP contribution < -0.4 is 10.5 Å². The van der Waals surface area contributed by atoms with Crippen molar-refractivity contribution in [1.29, 1.82) is 0 Å². The van der Waals surface area contributed by atoms with Crippen LogP contribution in [0.1, 0.15) is 59.8 Å². The average Bonchev–Trinajstić information content (AvgIpc) is 3.31. The van der Waals surface area contributed by atoms with Crippen LogP contribution in [-0.2, 0) is 6.61 Å². The molecule has 1 aliphatic rings. The van der Waals surface area contributed by atoms with E-state index in [4.69, 9.17) is 10.5 Å². The smallest absolute Gasteiger partial charge is 0.268 e. The van der Waals surface area contributed by atoms with Gasteiger partial charge in [-0.05, 0) is 36.1 Å². The highest BCUT2D eigenvalue weighted by Gasteiger charge is 2.27. The lowest BCUT2D eigenvalue weighted by Crippen LogP contribution is -2.20. The Morgan fingerprint density at radius 1 is 1.06 bits per heavy atom. The summed E-state index contributed by atoms with van der Waals surface area (Å²) < 4.78 is 7.77. The van der Waals surface area contributed by atoms with E-state index in [1.807, 2.05) is 59.1 Å². The SMILES string of the molecule is NC(=O)c1nc2[c]cnn2c(C2CCCCC2)c1-c1ccc(OCc2ccccc2)cc1. The lowest BCUT2D eigenvalue weighted by Gasteiger charge is -2.26. The highest BCUT2D eigenvalue weighted by atomic mass is 16.5. The highest BCUT2D eigenvalue weighted by molar-refractivity contribution is 5.99. The van der Waals surface area contributed by atoms with Crippen LogP contribution in [0.5, 0.6) is 5.75 Å². The molecule has 1 amide bonds. The summed E-state index contributed by atoms with van der Waals surface area (Å²) in [6, 6.07) is 20.9. The number of benzene rings is 2. The Labute approximate surface area is 187 Å². The molecule has 0 bridgehead atoms. The van der Waals surface area contributed by atoms with Crippen molar-refractivity contribution >= 4 is 11.6 Å². The number of carbonyl (C=O) groups is 1. The fourth-order valence-electron chi connectivity index (χ4n) is 4.58. The number of primary amides is 1. The summed E-state index contributed by atoms with van der Waals surface area (Å²) >= 11 is 0. The maximum atomic E-state index is 12.4. The van der Waals surface area contributed by atoms with Crippen molar-refractivity contribution in [2.24, 2.45) is 5.73 Å². The van der Waals surface area contributed by atoms with E-state index in [-0.39, 0.29) is 5.69 Å². The third-order valence-electron chi connectivity index (χ3n) is 6.12. The van der Waals surface area contributed by atoms with Crippen LogP contribution in [0.15, 0.2) is 60.8 Å². The molecule has 2 aromatic carbocycles.